The van der Waals surface area contributed by atoms with E-state index in [2.05, 4.69) is 25.4 Å². The lowest BCUT2D eigenvalue weighted by atomic mass is 10.2. The number of rotatable bonds is 5. The van der Waals surface area contributed by atoms with Gasteiger partial charge in [0.1, 0.15) is 11.6 Å². The van der Waals surface area contributed by atoms with Crippen molar-refractivity contribution in [1.29, 1.82) is 5.41 Å². The van der Waals surface area contributed by atoms with Crippen LogP contribution in [0.15, 0.2) is 57.0 Å². The van der Waals surface area contributed by atoms with E-state index < -0.39 is 5.91 Å². The molecule has 0 aliphatic heterocycles. The Morgan fingerprint density at radius 3 is 2.83 bits per heavy atom. The molecule has 0 aliphatic rings. The molecule has 3 aromatic rings. The van der Waals surface area contributed by atoms with Gasteiger partial charge in [-0.25, -0.2) is 15.0 Å². The summed E-state index contributed by atoms with van der Waals surface area (Å²) in [6.07, 6.45) is 2.56. The number of hydrogen-bond donors (Lipinski definition) is 4. The van der Waals surface area contributed by atoms with Gasteiger partial charge in [0.2, 0.25) is 5.96 Å². The zero-order valence-corrected chi connectivity index (χ0v) is 15.5. The molecule has 1 amide bonds. The van der Waals surface area contributed by atoms with Gasteiger partial charge in [0.25, 0.3) is 5.91 Å². The van der Waals surface area contributed by atoms with Crippen molar-refractivity contribution in [3.63, 3.8) is 0 Å². The lowest BCUT2D eigenvalue weighted by Crippen LogP contribution is -2.14. The molecule has 6 N–H and O–H groups in total. The summed E-state index contributed by atoms with van der Waals surface area (Å²) >= 11 is 0. The van der Waals surface area contributed by atoms with E-state index >= 15 is 0 Å². The van der Waals surface area contributed by atoms with Crippen LogP contribution < -0.4 is 16.8 Å². The minimum absolute atomic E-state index is 0.0000120. The number of carbonyl (C=O) groups is 1. The first-order valence-corrected chi connectivity index (χ1v) is 8.44. The van der Waals surface area contributed by atoms with Crippen LogP contribution >= 0.6 is 0 Å². The summed E-state index contributed by atoms with van der Waals surface area (Å²) in [6.45, 7) is 1.70. The van der Waals surface area contributed by atoms with E-state index in [4.69, 9.17) is 21.4 Å². The maximum absolute atomic E-state index is 12.1. The van der Waals surface area contributed by atoms with E-state index in [-0.39, 0.29) is 11.7 Å². The van der Waals surface area contributed by atoms with Crippen molar-refractivity contribution in [2.75, 3.05) is 11.1 Å². The number of nitrogens with two attached hydrogens (primary N) is 2. The molecule has 0 fully saturated rings. The zero-order valence-electron chi connectivity index (χ0n) is 15.5. The van der Waals surface area contributed by atoms with Gasteiger partial charge in [-0.1, -0.05) is 11.2 Å². The van der Waals surface area contributed by atoms with Gasteiger partial charge in [0.05, 0.1) is 17.6 Å². The summed E-state index contributed by atoms with van der Waals surface area (Å²) in [7, 11) is 0. The number of nitrogens with zero attached hydrogens (tertiary/aromatic N) is 4. The van der Waals surface area contributed by atoms with E-state index in [1.807, 2.05) is 0 Å². The maximum atomic E-state index is 12.1. The Labute approximate surface area is 165 Å². The zero-order chi connectivity index (χ0) is 20.8. The molecule has 2 aromatic heterocycles. The highest BCUT2D eigenvalue weighted by Gasteiger charge is 2.11. The molecule has 29 heavy (non-hydrogen) atoms. The van der Waals surface area contributed by atoms with Gasteiger partial charge in [-0.3, -0.25) is 4.79 Å². The first kappa shape index (κ1) is 19.4. The van der Waals surface area contributed by atoms with Crippen LogP contribution in [0.5, 0.6) is 0 Å². The van der Waals surface area contributed by atoms with E-state index in [0.29, 0.717) is 34.2 Å². The maximum Gasteiger partial charge on any atom is 0.279 e. The summed E-state index contributed by atoms with van der Waals surface area (Å²) in [5.74, 6) is 0.423. The van der Waals surface area contributed by atoms with Crippen LogP contribution in [0.4, 0.5) is 17.2 Å². The van der Waals surface area contributed by atoms with Gasteiger partial charge >= 0.3 is 0 Å². The van der Waals surface area contributed by atoms with Crippen molar-refractivity contribution in [1.82, 2.24) is 10.1 Å². The second-order valence-electron chi connectivity index (χ2n) is 5.91. The van der Waals surface area contributed by atoms with Crippen molar-refractivity contribution < 1.29 is 9.32 Å². The Morgan fingerprint density at radius 2 is 2.10 bits per heavy atom. The van der Waals surface area contributed by atoms with Crippen molar-refractivity contribution >= 4 is 41.5 Å². The highest BCUT2D eigenvalue weighted by molar-refractivity contribution is 6.02. The van der Waals surface area contributed by atoms with Crippen molar-refractivity contribution in [2.45, 2.75) is 6.92 Å². The third kappa shape index (κ3) is 5.10. The molecule has 0 atom stereocenters. The molecule has 10 nitrogen and oxygen atoms in total. The number of benzene rings is 1. The molecule has 0 unspecified atom stereocenters. The Balaban J connectivity index is 1.71. The van der Waals surface area contributed by atoms with Crippen LogP contribution in [0, 0.1) is 12.3 Å². The van der Waals surface area contributed by atoms with Crippen LogP contribution in [0.2, 0.25) is 0 Å². The standard InChI is InChI=1S/C19H18N8O2/c1-11-7-16(27-29-11)18(28)26-17-4-2-3-14(24-17)10-23-19(22)25-13-5-6-15(21)12(8-13)9-20/h2-10,20H,21H2,1H3,(H2,22,25)(H,24,26,28)/b20-9?,23-10+. The number of aliphatic imine (C=N–C) groups is 2. The van der Waals surface area contributed by atoms with Crippen molar-refractivity contribution in [3.05, 3.63) is 65.2 Å². The smallest absolute Gasteiger partial charge is 0.279 e. The number of guanidine groups is 1. The van der Waals surface area contributed by atoms with Crippen LogP contribution in [0.25, 0.3) is 0 Å². The fourth-order valence-corrected chi connectivity index (χ4v) is 2.30. The average molecular weight is 390 g/mol. The largest absolute Gasteiger partial charge is 0.398 e. The lowest BCUT2D eigenvalue weighted by Gasteiger charge is -2.03. The molecular formula is C19H18N8O2. The number of nitrogens with one attached hydrogen (secondary N) is 2. The van der Waals surface area contributed by atoms with Gasteiger partial charge < -0.3 is 26.7 Å². The third-order valence-electron chi connectivity index (χ3n) is 3.67. The van der Waals surface area contributed by atoms with Gasteiger partial charge in [-0.05, 0) is 37.3 Å². The SMILES string of the molecule is Cc1cc(C(=O)Nc2cccc(/C=N/C(N)=Nc3ccc(N)c(C=N)c3)n2)no1. The van der Waals surface area contributed by atoms with Crippen molar-refractivity contribution in [3.8, 4) is 0 Å². The molecule has 0 radical (unpaired) electrons. The average Bonchev–Trinajstić information content (AvgIpc) is 3.15. The highest BCUT2D eigenvalue weighted by atomic mass is 16.5. The Kier molecular flexibility index (Phi) is 5.74. The highest BCUT2D eigenvalue weighted by Crippen LogP contribution is 2.18. The second-order valence-corrected chi connectivity index (χ2v) is 5.91. The van der Waals surface area contributed by atoms with Crippen LogP contribution in [0.3, 0.4) is 0 Å². The molecule has 1 aromatic carbocycles. The number of amides is 1. The van der Waals surface area contributed by atoms with E-state index in [1.54, 1.807) is 43.3 Å². The number of carbonyl (C=O) groups excluding carboxylic acids is 1. The molecule has 0 aliphatic carbocycles. The monoisotopic (exact) mass is 390 g/mol. The van der Waals surface area contributed by atoms with Gasteiger partial charge in [-0.2, -0.15) is 0 Å². The molecule has 0 bridgehead atoms. The summed E-state index contributed by atoms with van der Waals surface area (Å²) in [6, 6.07) is 11.5. The van der Waals surface area contributed by atoms with Gasteiger partial charge in [0, 0.05) is 23.5 Å². The number of pyridine rings is 1. The van der Waals surface area contributed by atoms with Gasteiger partial charge in [-0.15, -0.1) is 0 Å². The normalized spacial score (nSPS) is 11.6. The Hall–Kier alpha value is -4.34. The minimum Gasteiger partial charge on any atom is -0.398 e. The second kappa shape index (κ2) is 8.57. The molecule has 146 valence electrons. The molecular weight excluding hydrogens is 372 g/mol. The number of anilines is 2. The number of aryl methyl sites for hydroxylation is 1. The predicted molar refractivity (Wildman–Crippen MR) is 111 cm³/mol. The molecule has 0 saturated carbocycles. The topological polar surface area (TPSA) is 169 Å². The molecule has 2 heterocycles. The number of hydrogen-bond acceptors (Lipinski definition) is 7. The molecule has 0 saturated heterocycles. The lowest BCUT2D eigenvalue weighted by molar-refractivity contribution is 0.101. The number of aromatic nitrogens is 2. The predicted octanol–water partition coefficient (Wildman–Crippen LogP) is 2.28. The van der Waals surface area contributed by atoms with Crippen LogP contribution in [0.1, 0.15) is 27.5 Å². The van der Waals surface area contributed by atoms with Crippen LogP contribution in [-0.4, -0.2) is 34.4 Å². The van der Waals surface area contributed by atoms with E-state index in [0.717, 1.165) is 6.21 Å². The van der Waals surface area contributed by atoms with Crippen LogP contribution in [-0.2, 0) is 0 Å². The number of nitrogen functional groups attached to an aromatic ring is 1. The molecule has 0 spiro atoms. The first-order valence-electron chi connectivity index (χ1n) is 8.44. The van der Waals surface area contributed by atoms with Crippen molar-refractivity contribution in [2.24, 2.45) is 15.7 Å². The summed E-state index contributed by atoms with van der Waals surface area (Å²) in [5.41, 5.74) is 13.7. The first-order chi connectivity index (χ1) is 13.9. The molecule has 10 heteroatoms. The summed E-state index contributed by atoms with van der Waals surface area (Å²) in [5, 5.41) is 13.6. The Morgan fingerprint density at radius 1 is 1.28 bits per heavy atom. The molecule has 3 rings (SSSR count). The third-order valence-corrected chi connectivity index (χ3v) is 3.67. The minimum atomic E-state index is -0.435. The Bertz CT molecular complexity index is 1120. The summed E-state index contributed by atoms with van der Waals surface area (Å²) in [4.78, 5) is 24.6. The summed E-state index contributed by atoms with van der Waals surface area (Å²) < 4.78 is 4.88. The van der Waals surface area contributed by atoms with E-state index in [1.165, 1.54) is 12.3 Å². The van der Waals surface area contributed by atoms with E-state index in [9.17, 15) is 4.79 Å². The fraction of sp³-hybridized carbons (Fsp3) is 0.0526. The van der Waals surface area contributed by atoms with Gasteiger partial charge in [0.15, 0.2) is 5.69 Å². The fourth-order valence-electron chi connectivity index (χ4n) is 2.30. The quantitative estimate of drug-likeness (QED) is 0.296.